The molecular weight excluding hydrogens is 438 g/mol. The number of hydrogen-bond donors (Lipinski definition) is 1. The van der Waals surface area contributed by atoms with Crippen LogP contribution < -0.4 is 24.5 Å². The number of carbonyl (C=O) groups excluding carboxylic acids is 1. The molecule has 0 saturated heterocycles. The fourth-order valence-corrected chi connectivity index (χ4v) is 4.44. The second-order valence-electron chi connectivity index (χ2n) is 8.09. The highest BCUT2D eigenvalue weighted by molar-refractivity contribution is 5.78. The van der Waals surface area contributed by atoms with Crippen LogP contribution in [-0.4, -0.2) is 37.0 Å². The van der Waals surface area contributed by atoms with Crippen molar-refractivity contribution >= 4 is 5.97 Å². The Bertz CT molecular complexity index is 1280. The van der Waals surface area contributed by atoms with Gasteiger partial charge in [-0.15, -0.1) is 0 Å². The Labute approximate surface area is 197 Å². The number of hydrogen-bond acceptors (Lipinski definition) is 7. The quantitative estimate of drug-likeness (QED) is 0.533. The van der Waals surface area contributed by atoms with E-state index < -0.39 is 11.9 Å². The van der Waals surface area contributed by atoms with Crippen molar-refractivity contribution in [2.75, 3.05) is 21.3 Å². The lowest BCUT2D eigenvalue weighted by molar-refractivity contribution is -0.135. The van der Waals surface area contributed by atoms with Crippen LogP contribution in [0.3, 0.4) is 0 Å². The van der Waals surface area contributed by atoms with Crippen LogP contribution in [0.15, 0.2) is 47.3 Å². The Morgan fingerprint density at radius 3 is 2.35 bits per heavy atom. The molecule has 8 heteroatoms. The summed E-state index contributed by atoms with van der Waals surface area (Å²) in [5, 5.41) is 9.51. The first-order chi connectivity index (χ1) is 16.4. The van der Waals surface area contributed by atoms with Gasteiger partial charge in [-0.1, -0.05) is 18.2 Å². The summed E-state index contributed by atoms with van der Waals surface area (Å²) in [6.45, 7) is 2.25. The van der Waals surface area contributed by atoms with Crippen LogP contribution in [0.2, 0.25) is 0 Å². The monoisotopic (exact) mass is 465 g/mol. The van der Waals surface area contributed by atoms with Crippen molar-refractivity contribution < 1.29 is 28.8 Å². The van der Waals surface area contributed by atoms with E-state index in [1.54, 1.807) is 34.9 Å². The third-order valence-corrected chi connectivity index (χ3v) is 6.12. The van der Waals surface area contributed by atoms with Crippen LogP contribution in [0, 0.1) is 6.92 Å². The molecule has 0 amide bonds. The average molecular weight is 466 g/mol. The van der Waals surface area contributed by atoms with Gasteiger partial charge in [-0.3, -0.25) is 9.59 Å². The summed E-state index contributed by atoms with van der Waals surface area (Å²) in [5.74, 6) is 0.748. The molecule has 0 radical (unpaired) electrons. The summed E-state index contributed by atoms with van der Waals surface area (Å²) in [5.41, 5.74) is 2.51. The number of phenols is 1. The minimum absolute atomic E-state index is 0.00485. The van der Waals surface area contributed by atoms with Gasteiger partial charge >= 0.3 is 5.97 Å². The van der Waals surface area contributed by atoms with Crippen molar-refractivity contribution in [1.29, 1.82) is 0 Å². The fourth-order valence-electron chi connectivity index (χ4n) is 4.44. The Balaban J connectivity index is 1.81. The number of benzene rings is 2. The normalized spacial score (nSPS) is 14.8. The molecule has 1 aliphatic rings. The Morgan fingerprint density at radius 1 is 1.00 bits per heavy atom. The summed E-state index contributed by atoms with van der Waals surface area (Å²) in [7, 11) is 4.54. The Hall–Kier alpha value is -3.94. The lowest BCUT2D eigenvalue weighted by Gasteiger charge is -2.28. The van der Waals surface area contributed by atoms with Crippen LogP contribution in [0.25, 0.3) is 0 Å². The summed E-state index contributed by atoms with van der Waals surface area (Å²) in [6.07, 6.45) is 0.596. The van der Waals surface area contributed by atoms with Gasteiger partial charge in [-0.05, 0) is 37.1 Å². The third kappa shape index (κ3) is 4.19. The van der Waals surface area contributed by atoms with Gasteiger partial charge < -0.3 is 28.6 Å². The van der Waals surface area contributed by atoms with Gasteiger partial charge in [0.15, 0.2) is 11.5 Å². The molecular formula is C26H27NO7. The van der Waals surface area contributed by atoms with Gasteiger partial charge in [0.05, 0.1) is 33.3 Å². The molecule has 0 saturated carbocycles. The van der Waals surface area contributed by atoms with E-state index in [2.05, 4.69) is 0 Å². The number of fused-ring (bicyclic) bond motifs is 1. The molecule has 0 unspecified atom stereocenters. The molecule has 0 fully saturated rings. The molecule has 2 aromatic carbocycles. The number of rotatable bonds is 7. The maximum atomic E-state index is 13.7. The van der Waals surface area contributed by atoms with Crippen molar-refractivity contribution in [3.8, 4) is 28.7 Å². The van der Waals surface area contributed by atoms with E-state index in [1.807, 2.05) is 19.1 Å². The van der Waals surface area contributed by atoms with Crippen molar-refractivity contribution in [2.45, 2.75) is 32.2 Å². The Kier molecular flexibility index (Phi) is 6.49. The number of esters is 1. The molecule has 2 heterocycles. The molecule has 8 nitrogen and oxygen atoms in total. The fraction of sp³-hybridized carbons (Fsp3) is 0.308. The number of methoxy groups -OCH3 is 3. The van der Waals surface area contributed by atoms with Crippen LogP contribution in [-0.2, 0) is 17.8 Å². The molecule has 4 rings (SSSR count). The lowest BCUT2D eigenvalue weighted by Crippen LogP contribution is -2.33. The summed E-state index contributed by atoms with van der Waals surface area (Å²) in [6, 6.07) is 12.1. The summed E-state index contributed by atoms with van der Waals surface area (Å²) < 4.78 is 23.7. The van der Waals surface area contributed by atoms with E-state index >= 15 is 0 Å². The highest BCUT2D eigenvalue weighted by atomic mass is 16.5. The molecule has 0 spiro atoms. The van der Waals surface area contributed by atoms with E-state index in [9.17, 15) is 14.7 Å². The average Bonchev–Trinajstić information content (AvgIpc) is 2.83. The zero-order valence-corrected chi connectivity index (χ0v) is 19.6. The molecule has 1 aliphatic heterocycles. The van der Waals surface area contributed by atoms with Crippen LogP contribution in [0.1, 0.15) is 34.7 Å². The van der Waals surface area contributed by atoms with Gasteiger partial charge in [0.1, 0.15) is 11.5 Å². The number of aromatic hydroxyl groups is 1. The summed E-state index contributed by atoms with van der Waals surface area (Å²) >= 11 is 0. The smallest absolute Gasteiger partial charge is 0.312 e. The molecule has 34 heavy (non-hydrogen) atoms. The molecule has 1 atom stereocenters. The number of aromatic nitrogens is 1. The predicted octanol–water partition coefficient (Wildman–Crippen LogP) is 3.57. The number of aryl methyl sites for hydroxylation is 2. The largest absolute Gasteiger partial charge is 0.508 e. The molecule has 3 aromatic rings. The lowest BCUT2D eigenvalue weighted by atomic mass is 9.86. The number of ether oxygens (including phenoxy) is 4. The van der Waals surface area contributed by atoms with Crippen LogP contribution in [0.5, 0.6) is 28.7 Å². The highest BCUT2D eigenvalue weighted by Gasteiger charge is 2.35. The number of pyridine rings is 1. The zero-order chi connectivity index (χ0) is 24.4. The maximum Gasteiger partial charge on any atom is 0.312 e. The standard InChI is InChI=1S/C26H27NO7/c1-15-13-21-23(26(30)27(15)12-11-16-5-7-17(28)8-6-16)19(14-22(29)34-21)18-9-10-20(31-2)25(33-4)24(18)32-3/h5-10,13,19,28H,11-12,14H2,1-4H3/t19-/m0/s1. The van der Waals surface area contributed by atoms with E-state index in [0.717, 1.165) is 5.56 Å². The molecule has 178 valence electrons. The third-order valence-electron chi connectivity index (χ3n) is 6.12. The predicted molar refractivity (Wildman–Crippen MR) is 125 cm³/mol. The van der Waals surface area contributed by atoms with Gasteiger partial charge in [0, 0.05) is 29.8 Å². The number of carbonyl (C=O) groups is 1. The molecule has 1 N–H and O–H groups in total. The van der Waals surface area contributed by atoms with E-state index in [1.165, 1.54) is 21.3 Å². The first-order valence-corrected chi connectivity index (χ1v) is 10.9. The van der Waals surface area contributed by atoms with Gasteiger partial charge in [0.2, 0.25) is 5.75 Å². The van der Waals surface area contributed by atoms with E-state index in [4.69, 9.17) is 18.9 Å². The Morgan fingerprint density at radius 2 is 1.71 bits per heavy atom. The molecule has 1 aromatic heterocycles. The van der Waals surface area contributed by atoms with Gasteiger partial charge in [-0.2, -0.15) is 0 Å². The maximum absolute atomic E-state index is 13.7. The SMILES string of the molecule is COc1ccc([C@@H]2CC(=O)Oc3cc(C)n(CCc4ccc(O)cc4)c(=O)c32)c(OC)c1OC. The molecule has 0 bridgehead atoms. The van der Waals surface area contributed by atoms with Crippen LogP contribution >= 0.6 is 0 Å². The van der Waals surface area contributed by atoms with E-state index in [0.29, 0.717) is 47.0 Å². The highest BCUT2D eigenvalue weighted by Crippen LogP contribution is 2.47. The first-order valence-electron chi connectivity index (χ1n) is 10.9. The minimum Gasteiger partial charge on any atom is -0.508 e. The van der Waals surface area contributed by atoms with E-state index in [-0.39, 0.29) is 23.5 Å². The number of nitrogens with zero attached hydrogens (tertiary/aromatic N) is 1. The minimum atomic E-state index is -0.570. The van der Waals surface area contributed by atoms with Crippen molar-refractivity contribution in [1.82, 2.24) is 4.57 Å². The second-order valence-corrected chi connectivity index (χ2v) is 8.09. The van der Waals surface area contributed by atoms with Gasteiger partial charge in [-0.25, -0.2) is 0 Å². The van der Waals surface area contributed by atoms with Crippen molar-refractivity contribution in [2.24, 2.45) is 0 Å². The first kappa shape index (κ1) is 23.2. The summed E-state index contributed by atoms with van der Waals surface area (Å²) in [4.78, 5) is 26.2. The molecule has 0 aliphatic carbocycles. The van der Waals surface area contributed by atoms with Crippen molar-refractivity contribution in [3.05, 3.63) is 75.2 Å². The second kappa shape index (κ2) is 9.51. The number of phenolic OH excluding ortho intramolecular Hbond substituents is 1. The topological polar surface area (TPSA) is 96.2 Å². The van der Waals surface area contributed by atoms with Gasteiger partial charge in [0.25, 0.3) is 5.56 Å². The van der Waals surface area contributed by atoms with Crippen LogP contribution in [0.4, 0.5) is 0 Å². The zero-order valence-electron chi connectivity index (χ0n) is 19.6. The van der Waals surface area contributed by atoms with Crippen molar-refractivity contribution in [3.63, 3.8) is 0 Å².